The van der Waals surface area contributed by atoms with Crippen molar-refractivity contribution in [1.29, 1.82) is 0 Å². The summed E-state index contributed by atoms with van der Waals surface area (Å²) in [4.78, 5) is 12.7. The van der Waals surface area contributed by atoms with Crippen LogP contribution in [0.25, 0.3) is 11.4 Å². The number of rotatable bonds is 4. The van der Waals surface area contributed by atoms with Gasteiger partial charge in [-0.2, -0.15) is 0 Å². The van der Waals surface area contributed by atoms with Crippen LogP contribution in [0, 0.1) is 5.92 Å². The maximum atomic E-state index is 5.91. The van der Waals surface area contributed by atoms with Crippen molar-refractivity contribution in [1.82, 2.24) is 15.0 Å². The van der Waals surface area contributed by atoms with E-state index >= 15 is 0 Å². The minimum atomic E-state index is 0.590. The van der Waals surface area contributed by atoms with Gasteiger partial charge in [-0.3, -0.25) is 4.98 Å². The summed E-state index contributed by atoms with van der Waals surface area (Å²) in [6.45, 7) is 0.990. The summed E-state index contributed by atoms with van der Waals surface area (Å²) in [5.74, 6) is 2.31. The van der Waals surface area contributed by atoms with E-state index in [1.54, 1.807) is 18.6 Å². The van der Waals surface area contributed by atoms with Gasteiger partial charge in [0.05, 0.1) is 5.02 Å². The Hall–Kier alpha value is -1.68. The van der Waals surface area contributed by atoms with Gasteiger partial charge in [0.25, 0.3) is 0 Å². The Morgan fingerprint density at radius 2 is 2.22 bits per heavy atom. The van der Waals surface area contributed by atoms with Gasteiger partial charge in [0.15, 0.2) is 5.82 Å². The average Bonchev–Trinajstić information content (AvgIpc) is 3.21. The van der Waals surface area contributed by atoms with Crippen LogP contribution in [0.2, 0.25) is 5.02 Å². The van der Waals surface area contributed by atoms with E-state index in [0.717, 1.165) is 23.8 Å². The standard InChI is InChI=1S/C13H13ClN4/c14-11-5-10(7-15-8-11)13-16-4-3-12(18-13)17-6-9-1-2-9/h3-5,7-9H,1-2,6H2,(H,16,17,18). The van der Waals surface area contributed by atoms with Crippen molar-refractivity contribution in [3.63, 3.8) is 0 Å². The summed E-state index contributed by atoms with van der Waals surface area (Å²) in [5, 5.41) is 3.92. The van der Waals surface area contributed by atoms with Gasteiger partial charge in [0.2, 0.25) is 0 Å². The lowest BCUT2D eigenvalue weighted by atomic mass is 10.2. The van der Waals surface area contributed by atoms with E-state index in [0.29, 0.717) is 10.8 Å². The van der Waals surface area contributed by atoms with Gasteiger partial charge in [0.1, 0.15) is 5.82 Å². The van der Waals surface area contributed by atoms with Crippen molar-refractivity contribution in [2.24, 2.45) is 5.92 Å². The molecule has 4 nitrogen and oxygen atoms in total. The number of hydrogen-bond acceptors (Lipinski definition) is 4. The van der Waals surface area contributed by atoms with Crippen LogP contribution in [-0.2, 0) is 0 Å². The summed E-state index contributed by atoms with van der Waals surface area (Å²) < 4.78 is 0. The molecule has 0 saturated heterocycles. The number of anilines is 1. The first kappa shape index (κ1) is 11.4. The van der Waals surface area contributed by atoms with Gasteiger partial charge in [-0.25, -0.2) is 9.97 Å². The van der Waals surface area contributed by atoms with Crippen LogP contribution in [0.5, 0.6) is 0 Å². The van der Waals surface area contributed by atoms with Crippen molar-refractivity contribution < 1.29 is 0 Å². The predicted molar refractivity (Wildman–Crippen MR) is 71.5 cm³/mol. The maximum absolute atomic E-state index is 5.91. The smallest absolute Gasteiger partial charge is 0.163 e. The van der Waals surface area contributed by atoms with Crippen molar-refractivity contribution >= 4 is 17.4 Å². The van der Waals surface area contributed by atoms with E-state index in [4.69, 9.17) is 11.6 Å². The van der Waals surface area contributed by atoms with E-state index in [2.05, 4.69) is 20.3 Å². The van der Waals surface area contributed by atoms with Crippen LogP contribution in [0.1, 0.15) is 12.8 Å². The Bertz CT molecular complexity index is 554. The molecule has 2 aromatic rings. The minimum Gasteiger partial charge on any atom is -0.370 e. The molecule has 1 aliphatic carbocycles. The third-order valence-corrected chi connectivity index (χ3v) is 3.09. The molecule has 3 rings (SSSR count). The summed E-state index contributed by atoms with van der Waals surface area (Å²) in [5.41, 5.74) is 0.831. The minimum absolute atomic E-state index is 0.590. The lowest BCUT2D eigenvalue weighted by Gasteiger charge is -2.06. The first-order chi connectivity index (χ1) is 8.81. The molecule has 0 aliphatic heterocycles. The molecule has 1 aliphatic rings. The molecule has 0 atom stereocenters. The Kier molecular flexibility index (Phi) is 3.11. The van der Waals surface area contributed by atoms with Crippen LogP contribution in [0.3, 0.4) is 0 Å². The third kappa shape index (κ3) is 2.76. The molecule has 1 N–H and O–H groups in total. The normalized spacial score (nSPS) is 14.5. The second kappa shape index (κ2) is 4.90. The molecule has 0 radical (unpaired) electrons. The molecule has 18 heavy (non-hydrogen) atoms. The van der Waals surface area contributed by atoms with E-state index in [-0.39, 0.29) is 0 Å². The van der Waals surface area contributed by atoms with Crippen LogP contribution in [0.15, 0.2) is 30.7 Å². The highest BCUT2D eigenvalue weighted by atomic mass is 35.5. The van der Waals surface area contributed by atoms with E-state index in [9.17, 15) is 0 Å². The molecule has 0 bridgehead atoms. The molecule has 1 fully saturated rings. The van der Waals surface area contributed by atoms with Gasteiger partial charge in [-0.15, -0.1) is 0 Å². The van der Waals surface area contributed by atoms with Crippen LogP contribution < -0.4 is 5.32 Å². The third-order valence-electron chi connectivity index (χ3n) is 2.89. The largest absolute Gasteiger partial charge is 0.370 e. The van der Waals surface area contributed by atoms with Gasteiger partial charge in [0, 0.05) is 30.7 Å². The molecule has 0 aromatic carbocycles. The second-order valence-corrected chi connectivity index (χ2v) is 4.92. The lowest BCUT2D eigenvalue weighted by Crippen LogP contribution is -2.05. The van der Waals surface area contributed by atoms with Crippen molar-refractivity contribution in [2.75, 3.05) is 11.9 Å². The quantitative estimate of drug-likeness (QED) is 0.918. The predicted octanol–water partition coefficient (Wildman–Crippen LogP) is 3.01. The number of nitrogens with zero attached hydrogens (tertiary/aromatic N) is 3. The molecule has 92 valence electrons. The topological polar surface area (TPSA) is 50.7 Å². The highest BCUT2D eigenvalue weighted by Gasteiger charge is 2.20. The number of halogens is 1. The molecule has 2 aromatic heterocycles. The summed E-state index contributed by atoms with van der Waals surface area (Å²) in [6, 6.07) is 3.69. The van der Waals surface area contributed by atoms with Crippen LogP contribution in [0.4, 0.5) is 5.82 Å². The summed E-state index contributed by atoms with van der Waals surface area (Å²) in [6.07, 6.45) is 7.71. The molecular weight excluding hydrogens is 248 g/mol. The summed E-state index contributed by atoms with van der Waals surface area (Å²) >= 11 is 5.91. The Morgan fingerprint density at radius 1 is 1.33 bits per heavy atom. The zero-order valence-electron chi connectivity index (χ0n) is 9.81. The Morgan fingerprint density at radius 3 is 3.00 bits per heavy atom. The average molecular weight is 261 g/mol. The van der Waals surface area contributed by atoms with Crippen molar-refractivity contribution in [2.45, 2.75) is 12.8 Å². The lowest BCUT2D eigenvalue weighted by molar-refractivity contribution is 0.881. The molecule has 5 heteroatoms. The Labute approximate surface area is 110 Å². The van der Waals surface area contributed by atoms with Crippen molar-refractivity contribution in [3.8, 4) is 11.4 Å². The van der Waals surface area contributed by atoms with Gasteiger partial charge < -0.3 is 5.32 Å². The fourth-order valence-electron chi connectivity index (χ4n) is 1.70. The van der Waals surface area contributed by atoms with Gasteiger partial charge in [-0.1, -0.05) is 11.6 Å². The van der Waals surface area contributed by atoms with E-state index in [1.807, 2.05) is 12.1 Å². The monoisotopic (exact) mass is 260 g/mol. The molecule has 0 amide bonds. The summed E-state index contributed by atoms with van der Waals surface area (Å²) in [7, 11) is 0. The van der Waals surface area contributed by atoms with Gasteiger partial charge in [-0.05, 0) is 30.9 Å². The fourth-order valence-corrected chi connectivity index (χ4v) is 1.88. The SMILES string of the molecule is Clc1cncc(-c2nccc(NCC3CC3)n2)c1. The molecule has 1 saturated carbocycles. The molecule has 0 spiro atoms. The molecule has 0 unspecified atom stereocenters. The first-order valence-electron chi connectivity index (χ1n) is 5.99. The van der Waals surface area contributed by atoms with Crippen molar-refractivity contribution in [3.05, 3.63) is 35.7 Å². The number of nitrogens with one attached hydrogen (secondary N) is 1. The first-order valence-corrected chi connectivity index (χ1v) is 6.37. The zero-order chi connectivity index (χ0) is 12.4. The number of pyridine rings is 1. The maximum Gasteiger partial charge on any atom is 0.163 e. The Balaban J connectivity index is 1.80. The van der Waals surface area contributed by atoms with E-state index < -0.39 is 0 Å². The molecule has 2 heterocycles. The second-order valence-electron chi connectivity index (χ2n) is 4.48. The number of hydrogen-bond donors (Lipinski definition) is 1. The number of aromatic nitrogens is 3. The zero-order valence-corrected chi connectivity index (χ0v) is 10.6. The highest BCUT2D eigenvalue weighted by molar-refractivity contribution is 6.30. The van der Waals surface area contributed by atoms with Gasteiger partial charge >= 0.3 is 0 Å². The fraction of sp³-hybridized carbons (Fsp3) is 0.308. The highest BCUT2D eigenvalue weighted by Crippen LogP contribution is 2.28. The van der Waals surface area contributed by atoms with E-state index in [1.165, 1.54) is 12.8 Å². The van der Waals surface area contributed by atoms with Crippen LogP contribution >= 0.6 is 11.6 Å². The molecular formula is C13H13ClN4. The van der Waals surface area contributed by atoms with Crippen LogP contribution in [-0.4, -0.2) is 21.5 Å².